The number of fused-ring (bicyclic) bond motifs is 3. The first-order valence-corrected chi connectivity index (χ1v) is 11.2. The summed E-state index contributed by atoms with van der Waals surface area (Å²) < 4.78 is 5.00. The van der Waals surface area contributed by atoms with Gasteiger partial charge in [0.25, 0.3) is 5.56 Å². The van der Waals surface area contributed by atoms with E-state index in [-0.39, 0.29) is 11.5 Å². The molecule has 0 radical (unpaired) electrons. The van der Waals surface area contributed by atoms with Crippen molar-refractivity contribution >= 4 is 39.2 Å². The Morgan fingerprint density at radius 2 is 2.25 bits per heavy atom. The van der Waals surface area contributed by atoms with Gasteiger partial charge in [-0.1, -0.05) is 5.16 Å². The molecule has 3 heterocycles. The lowest BCUT2D eigenvalue weighted by atomic mass is 10.2. The van der Waals surface area contributed by atoms with Crippen molar-refractivity contribution in [2.75, 3.05) is 12.3 Å². The highest BCUT2D eigenvalue weighted by Crippen LogP contribution is 2.34. The van der Waals surface area contributed by atoms with Crippen molar-refractivity contribution in [2.45, 2.75) is 44.8 Å². The van der Waals surface area contributed by atoms with E-state index < -0.39 is 0 Å². The first-order chi connectivity index (χ1) is 13.6. The summed E-state index contributed by atoms with van der Waals surface area (Å²) in [5.74, 6) is 3.02. The van der Waals surface area contributed by atoms with Crippen molar-refractivity contribution in [1.82, 2.24) is 25.4 Å². The maximum atomic E-state index is 12.4. The number of aromatic nitrogens is 4. The van der Waals surface area contributed by atoms with Crippen LogP contribution in [0, 0.1) is 6.92 Å². The SMILES string of the molecule is Cc1noc(CCNC(=O)CCSCc2nc3sc4c(c3c(=O)[nH]2)CCC4)n1. The number of hydrogen-bond donors (Lipinski definition) is 2. The number of rotatable bonds is 8. The molecule has 0 fully saturated rings. The van der Waals surface area contributed by atoms with Gasteiger partial charge in [-0.25, -0.2) is 4.98 Å². The molecule has 0 atom stereocenters. The quantitative estimate of drug-likeness (QED) is 0.538. The zero-order valence-corrected chi connectivity index (χ0v) is 17.2. The van der Waals surface area contributed by atoms with Crippen LogP contribution in [-0.2, 0) is 29.8 Å². The summed E-state index contributed by atoms with van der Waals surface area (Å²) in [7, 11) is 0. The van der Waals surface area contributed by atoms with Crippen molar-refractivity contribution in [3.63, 3.8) is 0 Å². The lowest BCUT2D eigenvalue weighted by Crippen LogP contribution is -2.26. The Morgan fingerprint density at radius 1 is 1.36 bits per heavy atom. The number of H-pyrrole nitrogens is 1. The molecule has 4 rings (SSSR count). The molecule has 28 heavy (non-hydrogen) atoms. The molecule has 1 amide bonds. The molecule has 1 aliphatic rings. The average molecular weight is 420 g/mol. The van der Waals surface area contributed by atoms with E-state index in [4.69, 9.17) is 4.52 Å². The third-order valence-corrected chi connectivity index (χ3v) is 6.72. The van der Waals surface area contributed by atoms with Crippen LogP contribution in [0.4, 0.5) is 0 Å². The Morgan fingerprint density at radius 3 is 3.07 bits per heavy atom. The molecular formula is C18H21N5O3S2. The van der Waals surface area contributed by atoms with Crippen molar-refractivity contribution in [3.05, 3.63) is 38.3 Å². The van der Waals surface area contributed by atoms with Crippen molar-refractivity contribution in [3.8, 4) is 0 Å². The van der Waals surface area contributed by atoms with Crippen LogP contribution in [-0.4, -0.2) is 38.3 Å². The van der Waals surface area contributed by atoms with Crippen LogP contribution in [0.5, 0.6) is 0 Å². The van der Waals surface area contributed by atoms with Crippen molar-refractivity contribution in [2.24, 2.45) is 0 Å². The summed E-state index contributed by atoms with van der Waals surface area (Å²) in [6.45, 7) is 2.23. The van der Waals surface area contributed by atoms with E-state index in [1.165, 1.54) is 10.4 Å². The second-order valence-electron chi connectivity index (χ2n) is 6.69. The summed E-state index contributed by atoms with van der Waals surface area (Å²) in [4.78, 5) is 38.1. The molecule has 0 aliphatic heterocycles. The summed E-state index contributed by atoms with van der Waals surface area (Å²) in [5, 5.41) is 7.33. The second kappa shape index (κ2) is 8.44. The van der Waals surface area contributed by atoms with Gasteiger partial charge in [-0.3, -0.25) is 9.59 Å². The van der Waals surface area contributed by atoms with Gasteiger partial charge in [-0.05, 0) is 31.7 Å². The molecule has 0 spiro atoms. The van der Waals surface area contributed by atoms with Gasteiger partial charge in [0.1, 0.15) is 10.7 Å². The first kappa shape index (κ1) is 19.1. The lowest BCUT2D eigenvalue weighted by molar-refractivity contribution is -0.120. The minimum Gasteiger partial charge on any atom is -0.356 e. The van der Waals surface area contributed by atoms with E-state index >= 15 is 0 Å². The highest BCUT2D eigenvalue weighted by Gasteiger charge is 2.21. The predicted molar refractivity (Wildman–Crippen MR) is 109 cm³/mol. The topological polar surface area (TPSA) is 114 Å². The number of hydrogen-bond acceptors (Lipinski definition) is 8. The highest BCUT2D eigenvalue weighted by molar-refractivity contribution is 7.98. The van der Waals surface area contributed by atoms with Gasteiger partial charge in [-0.2, -0.15) is 16.7 Å². The summed E-state index contributed by atoms with van der Waals surface area (Å²) in [5.41, 5.74) is 1.16. The minimum absolute atomic E-state index is 0.0182. The summed E-state index contributed by atoms with van der Waals surface area (Å²) in [6, 6.07) is 0. The fraction of sp³-hybridized carbons (Fsp3) is 0.500. The fourth-order valence-electron chi connectivity index (χ4n) is 3.29. The van der Waals surface area contributed by atoms with Gasteiger partial charge in [0.15, 0.2) is 5.82 Å². The lowest BCUT2D eigenvalue weighted by Gasteiger charge is -2.04. The number of aromatic amines is 1. The fourth-order valence-corrected chi connectivity index (χ4v) is 5.37. The number of thioether (sulfide) groups is 1. The van der Waals surface area contributed by atoms with E-state index in [2.05, 4.69) is 25.4 Å². The number of aryl methyl sites for hydroxylation is 3. The van der Waals surface area contributed by atoms with Crippen LogP contribution < -0.4 is 10.9 Å². The molecule has 0 aromatic carbocycles. The van der Waals surface area contributed by atoms with Gasteiger partial charge < -0.3 is 14.8 Å². The van der Waals surface area contributed by atoms with Crippen molar-refractivity contribution in [1.29, 1.82) is 0 Å². The third kappa shape index (κ3) is 4.27. The predicted octanol–water partition coefficient (Wildman–Crippen LogP) is 2.15. The Bertz CT molecular complexity index is 1060. The first-order valence-electron chi connectivity index (χ1n) is 9.27. The Hall–Kier alpha value is -2.20. The van der Waals surface area contributed by atoms with Crippen LogP contribution in [0.3, 0.4) is 0 Å². The Kier molecular flexibility index (Phi) is 5.77. The Balaban J connectivity index is 1.22. The van der Waals surface area contributed by atoms with E-state index in [0.717, 1.165) is 29.5 Å². The van der Waals surface area contributed by atoms with Gasteiger partial charge in [0.05, 0.1) is 11.1 Å². The van der Waals surface area contributed by atoms with E-state index in [1.807, 2.05) is 0 Å². The molecule has 8 nitrogen and oxygen atoms in total. The molecule has 1 aliphatic carbocycles. The van der Waals surface area contributed by atoms with Crippen LogP contribution in [0.2, 0.25) is 0 Å². The molecule has 2 N–H and O–H groups in total. The summed E-state index contributed by atoms with van der Waals surface area (Å²) in [6.07, 6.45) is 4.10. The number of nitrogens with zero attached hydrogens (tertiary/aromatic N) is 3. The van der Waals surface area contributed by atoms with Crippen molar-refractivity contribution < 1.29 is 9.32 Å². The number of amides is 1. The van der Waals surface area contributed by atoms with Crippen LogP contribution in [0.25, 0.3) is 10.2 Å². The van der Waals surface area contributed by atoms with Crippen LogP contribution in [0.15, 0.2) is 9.32 Å². The zero-order chi connectivity index (χ0) is 19.5. The number of carbonyl (C=O) groups is 1. The van der Waals surface area contributed by atoms with Crippen LogP contribution in [0.1, 0.15) is 40.8 Å². The normalized spacial score (nSPS) is 13.2. The molecular weight excluding hydrogens is 398 g/mol. The Labute approximate surface area is 169 Å². The molecule has 0 unspecified atom stereocenters. The van der Waals surface area contributed by atoms with E-state index in [9.17, 15) is 9.59 Å². The molecule has 148 valence electrons. The number of thiophene rings is 1. The van der Waals surface area contributed by atoms with Gasteiger partial charge in [0.2, 0.25) is 11.8 Å². The number of nitrogens with one attached hydrogen (secondary N) is 2. The largest absolute Gasteiger partial charge is 0.356 e. The highest BCUT2D eigenvalue weighted by atomic mass is 32.2. The minimum atomic E-state index is -0.0333. The van der Waals surface area contributed by atoms with E-state index in [1.54, 1.807) is 30.0 Å². The maximum absolute atomic E-state index is 12.4. The smallest absolute Gasteiger partial charge is 0.259 e. The molecule has 0 saturated heterocycles. The molecule has 3 aromatic heterocycles. The number of carbonyl (C=O) groups excluding carboxylic acids is 1. The zero-order valence-electron chi connectivity index (χ0n) is 15.5. The summed E-state index contributed by atoms with van der Waals surface area (Å²) >= 11 is 3.23. The average Bonchev–Trinajstić information content (AvgIpc) is 3.34. The van der Waals surface area contributed by atoms with Gasteiger partial charge in [-0.15, -0.1) is 11.3 Å². The van der Waals surface area contributed by atoms with Crippen LogP contribution >= 0.6 is 23.1 Å². The monoisotopic (exact) mass is 419 g/mol. The molecule has 3 aromatic rings. The standard InChI is InChI=1S/C18H21N5O3S2/c1-10-20-15(26-23-10)5-7-19-14(24)6-8-27-9-13-21-17(25)16-11-3-2-4-12(11)28-18(16)22-13/h2-9H2,1H3,(H,19,24)(H,21,22,25). The van der Waals surface area contributed by atoms with E-state index in [0.29, 0.717) is 48.4 Å². The van der Waals surface area contributed by atoms with Gasteiger partial charge >= 0.3 is 0 Å². The maximum Gasteiger partial charge on any atom is 0.259 e. The molecule has 0 saturated carbocycles. The second-order valence-corrected chi connectivity index (χ2v) is 8.88. The molecule has 10 heteroatoms. The molecule has 0 bridgehead atoms. The van der Waals surface area contributed by atoms with Gasteiger partial charge in [0, 0.05) is 30.0 Å². The third-order valence-electron chi connectivity index (χ3n) is 4.57.